The van der Waals surface area contributed by atoms with Crippen LogP contribution in [0.4, 0.5) is 4.39 Å². The van der Waals surface area contributed by atoms with Gasteiger partial charge in [0.15, 0.2) is 0 Å². The molecule has 3 aromatic rings. The third-order valence-corrected chi connectivity index (χ3v) is 5.34. The van der Waals surface area contributed by atoms with Crippen LogP contribution in [0, 0.1) is 5.82 Å². The Morgan fingerprint density at radius 2 is 1.67 bits per heavy atom. The van der Waals surface area contributed by atoms with Gasteiger partial charge in [-0.1, -0.05) is 0 Å². The van der Waals surface area contributed by atoms with Gasteiger partial charge >= 0.3 is 166 Å². The van der Waals surface area contributed by atoms with Crippen molar-refractivity contribution in [3.63, 3.8) is 0 Å². The van der Waals surface area contributed by atoms with Crippen LogP contribution in [0.3, 0.4) is 0 Å². The first-order valence-electron chi connectivity index (χ1n) is 9.01. The van der Waals surface area contributed by atoms with Crippen LogP contribution in [0.25, 0.3) is 11.1 Å². The summed E-state index contributed by atoms with van der Waals surface area (Å²) in [5, 5.41) is 0. The van der Waals surface area contributed by atoms with E-state index in [9.17, 15) is 0 Å². The predicted octanol–water partition coefficient (Wildman–Crippen LogP) is 3.71. The maximum absolute atomic E-state index is 15.5. The minimum atomic E-state index is -0.424. The Bertz CT molecular complexity index is 915. The van der Waals surface area contributed by atoms with Crippen LogP contribution in [-0.2, 0) is 0 Å². The van der Waals surface area contributed by atoms with Crippen molar-refractivity contribution in [2.24, 2.45) is 0 Å². The third-order valence-electron chi connectivity index (χ3n) is 4.86. The molecule has 1 aliphatic rings. The van der Waals surface area contributed by atoms with Crippen molar-refractivity contribution in [2.45, 2.75) is 38.0 Å². The Hall–Kier alpha value is -2.33. The summed E-state index contributed by atoms with van der Waals surface area (Å²) in [6, 6.07) is 5.59. The molecule has 0 saturated heterocycles. The van der Waals surface area contributed by atoms with Gasteiger partial charge < -0.3 is 0 Å². The van der Waals surface area contributed by atoms with E-state index < -0.39 is 5.82 Å². The van der Waals surface area contributed by atoms with Crippen molar-refractivity contribution in [3.05, 3.63) is 54.4 Å². The molecule has 0 aliphatic heterocycles. The van der Waals surface area contributed by atoms with Crippen molar-refractivity contribution in [2.75, 3.05) is 0 Å². The molecule has 1 aromatic carbocycles. The first-order valence-corrected chi connectivity index (χ1v) is 9.95. The third kappa shape index (κ3) is 4.01. The molecule has 0 amide bonds. The fourth-order valence-electron chi connectivity index (χ4n) is 3.52. The van der Waals surface area contributed by atoms with Gasteiger partial charge in [0.05, 0.1) is 0 Å². The van der Waals surface area contributed by atoms with Gasteiger partial charge in [0.25, 0.3) is 0 Å². The molecule has 0 spiro atoms. The molecule has 4 rings (SSSR count). The van der Waals surface area contributed by atoms with Crippen LogP contribution in [0.5, 0.6) is 11.8 Å². The summed E-state index contributed by atoms with van der Waals surface area (Å²) in [5.74, 6) is 0.0713. The monoisotopic (exact) mass is 424 g/mol. The number of hydrogen-bond acceptors (Lipinski definition) is 5. The molecule has 0 unspecified atom stereocenters. The topological polar surface area (TPSA) is 60.8 Å². The van der Waals surface area contributed by atoms with E-state index in [-0.39, 0.29) is 17.7 Å². The van der Waals surface area contributed by atoms with E-state index in [0.717, 1.165) is 31.2 Å². The van der Waals surface area contributed by atoms with Gasteiger partial charge in [0.2, 0.25) is 0 Å². The fourth-order valence-corrected chi connectivity index (χ4v) is 3.76. The molecule has 7 heteroatoms. The molecule has 2 heterocycles. The molecular weight excluding hydrogens is 406 g/mol. The number of rotatable bonds is 4. The molecule has 2 aromatic heterocycles. The van der Waals surface area contributed by atoms with Crippen LogP contribution in [0.15, 0.2) is 43.0 Å². The van der Waals surface area contributed by atoms with Crippen LogP contribution in [0.2, 0.25) is 0 Å². The van der Waals surface area contributed by atoms with Crippen molar-refractivity contribution < 1.29 is 9.13 Å². The first kappa shape index (κ1) is 18.1. The molecule has 27 heavy (non-hydrogen) atoms. The number of halogens is 1. The van der Waals surface area contributed by atoms with E-state index >= 15 is 4.39 Å². The van der Waals surface area contributed by atoms with Gasteiger partial charge in [-0.2, -0.15) is 0 Å². The van der Waals surface area contributed by atoms with E-state index in [1.165, 1.54) is 6.42 Å². The normalized spacial score (nSPS) is 14.9. The summed E-state index contributed by atoms with van der Waals surface area (Å²) in [4.78, 5) is 16.5. The molecule has 1 aliphatic carbocycles. The van der Waals surface area contributed by atoms with E-state index in [1.54, 1.807) is 36.9 Å². The van der Waals surface area contributed by atoms with Crippen LogP contribution in [0.1, 0.15) is 43.6 Å². The van der Waals surface area contributed by atoms with Crippen molar-refractivity contribution in [1.29, 1.82) is 0 Å². The molecular formula is C20H18AsFN4O. The summed E-state index contributed by atoms with van der Waals surface area (Å²) < 4.78 is 21.9. The fraction of sp³-hybridized carbons (Fsp3) is 0.300. The number of aromatic nitrogens is 4. The molecule has 0 atom stereocenters. The number of hydrogen-bond donors (Lipinski definition) is 0. The van der Waals surface area contributed by atoms with Crippen LogP contribution < -0.4 is 9.35 Å². The molecule has 136 valence electrons. The molecule has 5 nitrogen and oxygen atoms in total. The summed E-state index contributed by atoms with van der Waals surface area (Å²) in [5.41, 5.74) is 1.90. The van der Waals surface area contributed by atoms with E-state index in [0.29, 0.717) is 15.7 Å². The van der Waals surface area contributed by atoms with Gasteiger partial charge in [0, 0.05) is 0 Å². The summed E-state index contributed by atoms with van der Waals surface area (Å²) in [7, 11) is 0. The van der Waals surface area contributed by atoms with Crippen LogP contribution in [-0.4, -0.2) is 36.8 Å². The SMILES string of the molecule is Fc1c(-c2cnc([As])nc2)ccc(C2CCCCC2)c1Oc1ncccn1. The van der Waals surface area contributed by atoms with Gasteiger partial charge in [-0.3, -0.25) is 0 Å². The second-order valence-electron chi connectivity index (χ2n) is 6.59. The summed E-state index contributed by atoms with van der Waals surface area (Å²) >= 11 is 2.27. The van der Waals surface area contributed by atoms with Crippen LogP contribution >= 0.6 is 0 Å². The number of benzene rings is 1. The zero-order valence-corrected chi connectivity index (χ0v) is 16.6. The molecule has 1 saturated carbocycles. The van der Waals surface area contributed by atoms with Crippen molar-refractivity contribution >= 4 is 21.5 Å². The van der Waals surface area contributed by atoms with Gasteiger partial charge in [0.1, 0.15) is 0 Å². The predicted molar refractivity (Wildman–Crippen MR) is 101 cm³/mol. The Labute approximate surface area is 166 Å². The average Bonchev–Trinajstić information content (AvgIpc) is 2.72. The second kappa shape index (κ2) is 8.13. The van der Waals surface area contributed by atoms with E-state index in [2.05, 4.69) is 36.8 Å². The molecule has 1 fully saturated rings. The average molecular weight is 424 g/mol. The number of nitrogens with zero attached hydrogens (tertiary/aromatic N) is 4. The maximum atomic E-state index is 15.5. The quantitative estimate of drug-likeness (QED) is 0.598. The van der Waals surface area contributed by atoms with Gasteiger partial charge in [-0.05, 0) is 0 Å². The Balaban J connectivity index is 1.79. The molecule has 2 radical (unpaired) electrons. The molecule has 0 N–H and O–H groups in total. The first-order chi connectivity index (χ1) is 13.2. The van der Waals surface area contributed by atoms with Crippen molar-refractivity contribution in [3.8, 4) is 22.9 Å². The Morgan fingerprint density at radius 1 is 0.963 bits per heavy atom. The minimum absolute atomic E-state index is 0.142. The molecule has 0 bridgehead atoms. The van der Waals surface area contributed by atoms with Gasteiger partial charge in [-0.25, -0.2) is 0 Å². The Morgan fingerprint density at radius 3 is 2.37 bits per heavy atom. The zero-order valence-electron chi connectivity index (χ0n) is 14.7. The van der Waals surface area contributed by atoms with Crippen molar-refractivity contribution in [1.82, 2.24) is 19.9 Å². The van der Waals surface area contributed by atoms with E-state index in [4.69, 9.17) is 4.74 Å². The summed E-state index contributed by atoms with van der Waals surface area (Å²) in [6.07, 6.45) is 12.0. The summed E-state index contributed by atoms with van der Waals surface area (Å²) in [6.45, 7) is 0. The van der Waals surface area contributed by atoms with E-state index in [1.807, 2.05) is 6.07 Å². The second-order valence-corrected chi connectivity index (χ2v) is 7.42. The Kier molecular flexibility index (Phi) is 5.44. The van der Waals surface area contributed by atoms with Gasteiger partial charge in [-0.15, -0.1) is 0 Å². The number of ether oxygens (including phenoxy) is 1. The zero-order chi connectivity index (χ0) is 18.6. The standard InChI is InChI=1S/C20H18AsFN4O/c21-19-25-11-14(12-26-19)15-7-8-16(13-5-2-1-3-6-13)18(17(15)22)27-20-23-9-4-10-24-20/h4,7-13H,1-3,5-6H2.